The van der Waals surface area contributed by atoms with Gasteiger partial charge in [-0.1, -0.05) is 84.4 Å². The van der Waals surface area contributed by atoms with E-state index in [4.69, 9.17) is 21.1 Å². The predicted molar refractivity (Wildman–Crippen MR) is 145 cm³/mol. The smallest absolute Gasteiger partial charge is 0.271 e. The van der Waals surface area contributed by atoms with E-state index in [0.717, 1.165) is 27.1 Å². The maximum absolute atomic E-state index is 12.5. The lowest BCUT2D eigenvalue weighted by Crippen LogP contribution is -2.17. The molecule has 178 valence electrons. The number of carbonyl (C=O) groups is 1. The summed E-state index contributed by atoms with van der Waals surface area (Å²) in [5.74, 6) is 0.625. The highest BCUT2D eigenvalue weighted by Crippen LogP contribution is 2.37. The van der Waals surface area contributed by atoms with Crippen LogP contribution < -0.4 is 14.9 Å². The Morgan fingerprint density at radius 1 is 0.889 bits per heavy atom. The molecule has 0 heterocycles. The van der Waals surface area contributed by atoms with Gasteiger partial charge in [-0.2, -0.15) is 5.10 Å². The largest absolute Gasteiger partial charge is 0.493 e. The Balaban J connectivity index is 1.29. The van der Waals surface area contributed by atoms with Crippen LogP contribution in [0.1, 0.15) is 21.5 Å². The van der Waals surface area contributed by atoms with E-state index >= 15 is 0 Å². The molecular formula is C30H23ClN2O3. The number of fused-ring (bicyclic) bond motifs is 2. The molecule has 5 aromatic carbocycles. The molecule has 0 unspecified atom stereocenters. The van der Waals surface area contributed by atoms with E-state index in [0.29, 0.717) is 34.3 Å². The number of carbonyl (C=O) groups excluding carboxylic acids is 1. The van der Waals surface area contributed by atoms with E-state index in [1.807, 2.05) is 60.7 Å². The molecule has 0 aliphatic rings. The quantitative estimate of drug-likeness (QED) is 0.196. The molecular weight excluding hydrogens is 472 g/mol. The highest BCUT2D eigenvalue weighted by atomic mass is 35.5. The van der Waals surface area contributed by atoms with Crippen molar-refractivity contribution in [2.75, 3.05) is 7.11 Å². The molecule has 0 fully saturated rings. The van der Waals surface area contributed by atoms with Crippen LogP contribution in [0.3, 0.4) is 0 Å². The van der Waals surface area contributed by atoms with Crippen molar-refractivity contribution < 1.29 is 14.3 Å². The standard InChI is InChI=1S/C30H23ClN2O3/c1-35-28-16-20(18-32-33-30(34)24-14-13-21-7-2-3-9-23(21)17-24)15-27(31)29(28)36-19-25-11-6-10-22-8-4-5-12-26(22)25/h2-18H,19H2,1H3,(H,33,34)/b32-18-. The lowest BCUT2D eigenvalue weighted by Gasteiger charge is -2.14. The third-order valence-electron chi connectivity index (χ3n) is 5.90. The van der Waals surface area contributed by atoms with E-state index in [9.17, 15) is 4.79 Å². The normalized spacial score (nSPS) is 11.2. The van der Waals surface area contributed by atoms with Crippen molar-refractivity contribution in [3.8, 4) is 11.5 Å². The molecule has 0 saturated heterocycles. The minimum Gasteiger partial charge on any atom is -0.493 e. The fraction of sp³-hybridized carbons (Fsp3) is 0.0667. The van der Waals surface area contributed by atoms with E-state index in [-0.39, 0.29) is 5.91 Å². The van der Waals surface area contributed by atoms with Gasteiger partial charge in [0.15, 0.2) is 11.5 Å². The zero-order valence-electron chi connectivity index (χ0n) is 19.6. The Morgan fingerprint density at radius 3 is 2.47 bits per heavy atom. The zero-order valence-corrected chi connectivity index (χ0v) is 20.3. The molecule has 0 aliphatic heterocycles. The Morgan fingerprint density at radius 2 is 1.64 bits per heavy atom. The Kier molecular flexibility index (Phi) is 6.83. The van der Waals surface area contributed by atoms with Crippen LogP contribution in [0.15, 0.2) is 102 Å². The van der Waals surface area contributed by atoms with Crippen LogP contribution >= 0.6 is 11.6 Å². The van der Waals surface area contributed by atoms with Gasteiger partial charge < -0.3 is 9.47 Å². The van der Waals surface area contributed by atoms with Gasteiger partial charge in [-0.3, -0.25) is 4.79 Å². The maximum atomic E-state index is 12.5. The number of hydrogen-bond acceptors (Lipinski definition) is 4. The number of nitrogens with one attached hydrogen (secondary N) is 1. The maximum Gasteiger partial charge on any atom is 0.271 e. The van der Waals surface area contributed by atoms with Gasteiger partial charge in [0.25, 0.3) is 5.91 Å². The minimum absolute atomic E-state index is 0.301. The van der Waals surface area contributed by atoms with Gasteiger partial charge in [0.1, 0.15) is 6.61 Å². The van der Waals surface area contributed by atoms with Gasteiger partial charge in [-0.05, 0) is 56.9 Å². The van der Waals surface area contributed by atoms with Crippen molar-refractivity contribution in [2.45, 2.75) is 6.61 Å². The second kappa shape index (κ2) is 10.5. The first kappa shape index (κ1) is 23.4. The molecule has 0 aliphatic carbocycles. The van der Waals surface area contributed by atoms with Gasteiger partial charge >= 0.3 is 0 Å². The topological polar surface area (TPSA) is 59.9 Å². The van der Waals surface area contributed by atoms with Crippen LogP contribution in [0.4, 0.5) is 0 Å². The summed E-state index contributed by atoms with van der Waals surface area (Å²) in [5.41, 5.74) is 4.80. The van der Waals surface area contributed by atoms with Crippen LogP contribution in [0, 0.1) is 0 Å². The highest BCUT2D eigenvalue weighted by molar-refractivity contribution is 6.32. The first-order chi connectivity index (χ1) is 17.6. The molecule has 36 heavy (non-hydrogen) atoms. The minimum atomic E-state index is -0.301. The fourth-order valence-corrected chi connectivity index (χ4v) is 4.36. The Bertz CT molecular complexity index is 1590. The molecule has 0 radical (unpaired) electrons. The molecule has 0 spiro atoms. The van der Waals surface area contributed by atoms with Crippen molar-refractivity contribution in [3.05, 3.63) is 119 Å². The van der Waals surface area contributed by atoms with E-state index in [1.54, 1.807) is 25.3 Å². The van der Waals surface area contributed by atoms with Gasteiger partial charge in [-0.25, -0.2) is 5.43 Å². The van der Waals surface area contributed by atoms with Crippen LogP contribution in [-0.2, 0) is 6.61 Å². The van der Waals surface area contributed by atoms with E-state index in [2.05, 4.69) is 28.7 Å². The predicted octanol–water partition coefficient (Wildman–Crippen LogP) is 7.00. The second-order valence-electron chi connectivity index (χ2n) is 8.22. The summed E-state index contributed by atoms with van der Waals surface area (Å²) >= 11 is 6.54. The number of halogens is 1. The average molecular weight is 495 g/mol. The van der Waals surface area contributed by atoms with Crippen molar-refractivity contribution >= 4 is 45.3 Å². The summed E-state index contributed by atoms with van der Waals surface area (Å²) < 4.78 is 11.6. The Hall–Kier alpha value is -4.35. The fourth-order valence-electron chi connectivity index (χ4n) is 4.08. The van der Waals surface area contributed by atoms with E-state index in [1.165, 1.54) is 6.21 Å². The van der Waals surface area contributed by atoms with Crippen LogP contribution in [-0.4, -0.2) is 19.2 Å². The molecule has 1 N–H and O–H groups in total. The number of ether oxygens (including phenoxy) is 2. The first-order valence-corrected chi connectivity index (χ1v) is 11.8. The Labute approximate surface area is 213 Å². The summed E-state index contributed by atoms with van der Waals surface area (Å²) in [7, 11) is 1.55. The van der Waals surface area contributed by atoms with Gasteiger partial charge in [-0.15, -0.1) is 0 Å². The number of hydrogen-bond donors (Lipinski definition) is 1. The number of amides is 1. The third-order valence-corrected chi connectivity index (χ3v) is 6.18. The number of benzene rings is 5. The molecule has 0 aromatic heterocycles. The molecule has 1 amide bonds. The monoisotopic (exact) mass is 494 g/mol. The first-order valence-electron chi connectivity index (χ1n) is 11.4. The van der Waals surface area contributed by atoms with Crippen molar-refractivity contribution in [3.63, 3.8) is 0 Å². The van der Waals surface area contributed by atoms with Gasteiger partial charge in [0, 0.05) is 5.56 Å². The summed E-state index contributed by atoms with van der Waals surface area (Å²) in [6.07, 6.45) is 1.52. The lowest BCUT2D eigenvalue weighted by molar-refractivity contribution is 0.0955. The van der Waals surface area contributed by atoms with Crippen molar-refractivity contribution in [1.82, 2.24) is 5.43 Å². The number of methoxy groups -OCH3 is 1. The van der Waals surface area contributed by atoms with Crippen LogP contribution in [0.5, 0.6) is 11.5 Å². The van der Waals surface area contributed by atoms with Gasteiger partial charge in [0.05, 0.1) is 18.3 Å². The summed E-state index contributed by atoms with van der Waals surface area (Å²) in [5, 5.41) is 8.81. The summed E-state index contributed by atoms with van der Waals surface area (Å²) in [6, 6.07) is 31.1. The average Bonchev–Trinajstić information content (AvgIpc) is 2.91. The van der Waals surface area contributed by atoms with Gasteiger partial charge in [0.2, 0.25) is 0 Å². The SMILES string of the molecule is COc1cc(/C=N\NC(=O)c2ccc3ccccc3c2)cc(Cl)c1OCc1cccc2ccccc12. The van der Waals surface area contributed by atoms with Crippen LogP contribution in [0.25, 0.3) is 21.5 Å². The van der Waals surface area contributed by atoms with Crippen LogP contribution in [0.2, 0.25) is 5.02 Å². The summed E-state index contributed by atoms with van der Waals surface area (Å²) in [4.78, 5) is 12.5. The molecule has 0 atom stereocenters. The summed E-state index contributed by atoms with van der Waals surface area (Å²) in [6.45, 7) is 0.340. The van der Waals surface area contributed by atoms with Crippen molar-refractivity contribution in [1.29, 1.82) is 0 Å². The zero-order chi connectivity index (χ0) is 24.9. The second-order valence-corrected chi connectivity index (χ2v) is 8.63. The molecule has 5 rings (SSSR count). The number of hydrazone groups is 1. The molecule has 5 nitrogen and oxygen atoms in total. The molecule has 6 heteroatoms. The van der Waals surface area contributed by atoms with Crippen molar-refractivity contribution in [2.24, 2.45) is 5.10 Å². The number of nitrogens with zero attached hydrogens (tertiary/aromatic N) is 1. The molecule has 0 saturated carbocycles. The highest BCUT2D eigenvalue weighted by Gasteiger charge is 2.13. The lowest BCUT2D eigenvalue weighted by atomic mass is 10.1. The third kappa shape index (κ3) is 5.02. The van der Waals surface area contributed by atoms with E-state index < -0.39 is 0 Å². The molecule has 0 bridgehead atoms. The molecule has 5 aromatic rings. The number of rotatable bonds is 7.